The lowest BCUT2D eigenvalue weighted by molar-refractivity contribution is -0.0296. The maximum Gasteiger partial charge on any atom is 0.122 e. The summed E-state index contributed by atoms with van der Waals surface area (Å²) in [5.41, 5.74) is 2.41. The molecular formula is C16H25NO2. The van der Waals surface area contributed by atoms with Crippen LogP contribution in [0.25, 0.3) is 0 Å². The molecule has 1 aliphatic heterocycles. The van der Waals surface area contributed by atoms with Crippen LogP contribution in [-0.4, -0.2) is 25.9 Å². The summed E-state index contributed by atoms with van der Waals surface area (Å²) in [5, 5.41) is 3.57. The molecule has 1 aromatic carbocycles. The molecule has 3 nitrogen and oxygen atoms in total. The quantitative estimate of drug-likeness (QED) is 0.855. The standard InChI is InChI=1S/C16H25NO2/c1-5-16(3,18-4)15(17-6-2)13-7-8-14-12(11-13)9-10-19-14/h7-8,11,15,17H,5-6,9-10H2,1-4H3. The van der Waals surface area contributed by atoms with Crippen molar-refractivity contribution in [1.29, 1.82) is 0 Å². The van der Waals surface area contributed by atoms with Crippen LogP contribution in [0.2, 0.25) is 0 Å². The summed E-state index contributed by atoms with van der Waals surface area (Å²) in [5.74, 6) is 1.04. The summed E-state index contributed by atoms with van der Waals surface area (Å²) in [6.45, 7) is 8.21. The van der Waals surface area contributed by atoms with Gasteiger partial charge in [-0.25, -0.2) is 0 Å². The summed E-state index contributed by atoms with van der Waals surface area (Å²) in [6.07, 6.45) is 1.98. The fraction of sp³-hybridized carbons (Fsp3) is 0.625. The number of rotatable bonds is 6. The van der Waals surface area contributed by atoms with E-state index in [-0.39, 0.29) is 11.6 Å². The van der Waals surface area contributed by atoms with E-state index in [1.54, 1.807) is 7.11 Å². The van der Waals surface area contributed by atoms with E-state index >= 15 is 0 Å². The van der Waals surface area contributed by atoms with E-state index in [9.17, 15) is 0 Å². The van der Waals surface area contributed by atoms with Crippen LogP contribution in [0.1, 0.15) is 44.4 Å². The SMILES string of the molecule is CCNC(c1ccc2c(c1)CCO2)C(C)(CC)OC. The first-order valence-corrected chi connectivity index (χ1v) is 7.18. The first-order chi connectivity index (χ1) is 9.14. The van der Waals surface area contributed by atoms with Gasteiger partial charge in [0.05, 0.1) is 18.2 Å². The molecule has 2 atom stereocenters. The molecule has 0 amide bonds. The van der Waals surface area contributed by atoms with E-state index in [2.05, 4.69) is 44.3 Å². The molecule has 2 unspecified atom stereocenters. The number of methoxy groups -OCH3 is 1. The largest absolute Gasteiger partial charge is 0.493 e. The lowest BCUT2D eigenvalue weighted by atomic mass is 9.86. The van der Waals surface area contributed by atoms with Crippen molar-refractivity contribution >= 4 is 0 Å². The Bertz CT molecular complexity index is 427. The molecule has 1 aromatic rings. The van der Waals surface area contributed by atoms with Crippen LogP contribution in [0, 0.1) is 0 Å². The third kappa shape index (κ3) is 2.77. The molecule has 0 aromatic heterocycles. The van der Waals surface area contributed by atoms with E-state index < -0.39 is 0 Å². The molecule has 3 heteroatoms. The predicted molar refractivity (Wildman–Crippen MR) is 77.8 cm³/mol. The summed E-state index contributed by atoms with van der Waals surface area (Å²) in [6, 6.07) is 6.72. The van der Waals surface area contributed by atoms with Crippen molar-refractivity contribution in [2.45, 2.75) is 45.3 Å². The molecule has 0 saturated carbocycles. The van der Waals surface area contributed by atoms with Gasteiger partial charge in [-0.15, -0.1) is 0 Å². The van der Waals surface area contributed by atoms with Crippen LogP contribution in [0.15, 0.2) is 18.2 Å². The average molecular weight is 263 g/mol. The van der Waals surface area contributed by atoms with Crippen molar-refractivity contribution in [1.82, 2.24) is 5.32 Å². The van der Waals surface area contributed by atoms with Crippen molar-refractivity contribution in [3.63, 3.8) is 0 Å². The highest BCUT2D eigenvalue weighted by molar-refractivity contribution is 5.41. The van der Waals surface area contributed by atoms with Gasteiger partial charge >= 0.3 is 0 Å². The van der Waals surface area contributed by atoms with Crippen molar-refractivity contribution in [2.75, 3.05) is 20.3 Å². The van der Waals surface area contributed by atoms with Crippen molar-refractivity contribution in [3.8, 4) is 5.75 Å². The van der Waals surface area contributed by atoms with Crippen LogP contribution in [0.3, 0.4) is 0 Å². The van der Waals surface area contributed by atoms with Crippen molar-refractivity contribution in [2.24, 2.45) is 0 Å². The number of hydrogen-bond donors (Lipinski definition) is 1. The zero-order chi connectivity index (χ0) is 13.9. The van der Waals surface area contributed by atoms with Gasteiger partial charge in [-0.2, -0.15) is 0 Å². The van der Waals surface area contributed by atoms with Crippen LogP contribution in [0.4, 0.5) is 0 Å². The van der Waals surface area contributed by atoms with E-state index in [1.807, 2.05) is 0 Å². The van der Waals surface area contributed by atoms with Crippen LogP contribution in [0.5, 0.6) is 5.75 Å². The number of fused-ring (bicyclic) bond motifs is 1. The fourth-order valence-corrected chi connectivity index (χ4v) is 2.74. The number of benzene rings is 1. The van der Waals surface area contributed by atoms with E-state index in [4.69, 9.17) is 9.47 Å². The summed E-state index contributed by atoms with van der Waals surface area (Å²) in [7, 11) is 1.80. The summed E-state index contributed by atoms with van der Waals surface area (Å²) >= 11 is 0. The second-order valence-electron chi connectivity index (χ2n) is 5.33. The Morgan fingerprint density at radius 1 is 1.42 bits per heavy atom. The highest BCUT2D eigenvalue weighted by Crippen LogP contribution is 2.35. The first-order valence-electron chi connectivity index (χ1n) is 7.18. The Morgan fingerprint density at radius 3 is 2.84 bits per heavy atom. The first kappa shape index (κ1) is 14.4. The van der Waals surface area contributed by atoms with Gasteiger partial charge in [-0.05, 0) is 37.1 Å². The molecule has 0 radical (unpaired) electrons. The molecule has 0 fully saturated rings. The molecule has 0 aliphatic carbocycles. The minimum absolute atomic E-state index is 0.191. The van der Waals surface area contributed by atoms with E-state index in [0.29, 0.717) is 0 Å². The third-order valence-corrected chi connectivity index (χ3v) is 4.23. The van der Waals surface area contributed by atoms with Gasteiger partial charge in [0.25, 0.3) is 0 Å². The van der Waals surface area contributed by atoms with E-state index in [0.717, 1.165) is 31.7 Å². The van der Waals surface area contributed by atoms with Gasteiger partial charge in [0.1, 0.15) is 5.75 Å². The van der Waals surface area contributed by atoms with Crippen LogP contribution in [-0.2, 0) is 11.2 Å². The predicted octanol–water partition coefficient (Wildman–Crippen LogP) is 3.09. The minimum atomic E-state index is -0.191. The van der Waals surface area contributed by atoms with Gasteiger partial charge < -0.3 is 14.8 Å². The number of nitrogens with one attached hydrogen (secondary N) is 1. The Morgan fingerprint density at radius 2 is 2.21 bits per heavy atom. The van der Waals surface area contributed by atoms with Crippen LogP contribution >= 0.6 is 0 Å². The third-order valence-electron chi connectivity index (χ3n) is 4.23. The Kier molecular flexibility index (Phi) is 4.48. The fourth-order valence-electron chi connectivity index (χ4n) is 2.74. The van der Waals surface area contributed by atoms with Gasteiger partial charge in [-0.3, -0.25) is 0 Å². The van der Waals surface area contributed by atoms with Crippen molar-refractivity contribution in [3.05, 3.63) is 29.3 Å². The molecule has 19 heavy (non-hydrogen) atoms. The van der Waals surface area contributed by atoms with Gasteiger partial charge in [0.15, 0.2) is 0 Å². The Labute approximate surface area is 116 Å². The zero-order valence-corrected chi connectivity index (χ0v) is 12.5. The highest BCUT2D eigenvalue weighted by atomic mass is 16.5. The minimum Gasteiger partial charge on any atom is -0.493 e. The molecule has 0 saturated heterocycles. The second kappa shape index (κ2) is 5.93. The molecule has 1 heterocycles. The maximum atomic E-state index is 5.78. The zero-order valence-electron chi connectivity index (χ0n) is 12.5. The normalized spacial score (nSPS) is 18.5. The van der Waals surface area contributed by atoms with E-state index in [1.165, 1.54) is 11.1 Å². The number of likely N-dealkylation sites (N-methyl/N-ethyl adjacent to an activating group) is 1. The number of hydrogen-bond acceptors (Lipinski definition) is 3. The highest BCUT2D eigenvalue weighted by Gasteiger charge is 2.33. The van der Waals surface area contributed by atoms with Gasteiger partial charge in [-0.1, -0.05) is 26.0 Å². The lowest BCUT2D eigenvalue weighted by Crippen LogP contribution is -2.42. The van der Waals surface area contributed by atoms with Crippen LogP contribution < -0.4 is 10.1 Å². The molecule has 1 N–H and O–H groups in total. The number of ether oxygens (including phenoxy) is 2. The molecule has 0 spiro atoms. The molecule has 0 bridgehead atoms. The smallest absolute Gasteiger partial charge is 0.122 e. The maximum absolute atomic E-state index is 5.78. The average Bonchev–Trinajstić information content (AvgIpc) is 2.91. The Balaban J connectivity index is 2.33. The van der Waals surface area contributed by atoms with Gasteiger partial charge in [0.2, 0.25) is 0 Å². The summed E-state index contributed by atoms with van der Waals surface area (Å²) < 4.78 is 11.4. The lowest BCUT2D eigenvalue weighted by Gasteiger charge is -2.36. The monoisotopic (exact) mass is 263 g/mol. The van der Waals surface area contributed by atoms with Gasteiger partial charge in [0, 0.05) is 13.5 Å². The van der Waals surface area contributed by atoms with Crippen molar-refractivity contribution < 1.29 is 9.47 Å². The molecule has 1 aliphatic rings. The Hall–Kier alpha value is -1.06. The molecule has 2 rings (SSSR count). The molecular weight excluding hydrogens is 238 g/mol. The topological polar surface area (TPSA) is 30.5 Å². The summed E-state index contributed by atoms with van der Waals surface area (Å²) in [4.78, 5) is 0. The molecule has 106 valence electrons. The second-order valence-corrected chi connectivity index (χ2v) is 5.33.